The predicted molar refractivity (Wildman–Crippen MR) is 42.9 cm³/mol. The van der Waals surface area contributed by atoms with Crippen LogP contribution in [0.4, 0.5) is 0 Å². The second-order valence-corrected chi connectivity index (χ2v) is 3.23. The highest BCUT2D eigenvalue weighted by Crippen LogP contribution is 2.40. The molecule has 0 aromatic carbocycles. The zero-order valence-corrected chi connectivity index (χ0v) is 6.93. The third kappa shape index (κ3) is 1.23. The third-order valence-electron chi connectivity index (χ3n) is 2.77. The van der Waals surface area contributed by atoms with Crippen molar-refractivity contribution in [2.45, 2.75) is 18.9 Å². The molecule has 4 heteroatoms. The number of carbonyl (C=O) groups is 1. The number of rotatable bonds is 1. The molecule has 2 aliphatic rings. The molecule has 3 atom stereocenters. The fourth-order valence-electron chi connectivity index (χ4n) is 1.99. The van der Waals surface area contributed by atoms with E-state index < -0.39 is 5.97 Å². The Hall–Kier alpha value is -0.280. The predicted octanol–water partition coefficient (Wildman–Crippen LogP) is 0.491. The quantitative estimate of drug-likeness (QED) is 0.613. The summed E-state index contributed by atoms with van der Waals surface area (Å²) in [6.07, 6.45) is 2.33. The summed E-state index contributed by atoms with van der Waals surface area (Å²) in [5.41, 5.74) is 0. The van der Waals surface area contributed by atoms with Gasteiger partial charge in [0.05, 0.1) is 0 Å². The Morgan fingerprint density at radius 2 is 2.18 bits per heavy atom. The fourth-order valence-corrected chi connectivity index (χ4v) is 1.99. The van der Waals surface area contributed by atoms with Crippen LogP contribution in [0.1, 0.15) is 12.8 Å². The number of nitrogens with one attached hydrogen (secondary N) is 1. The molecule has 1 saturated carbocycles. The lowest BCUT2D eigenvalue weighted by Gasteiger charge is -2.30. The van der Waals surface area contributed by atoms with Gasteiger partial charge in [-0.2, -0.15) is 0 Å². The van der Waals surface area contributed by atoms with E-state index in [1.165, 1.54) is 6.42 Å². The van der Waals surface area contributed by atoms with Crippen molar-refractivity contribution in [3.05, 3.63) is 0 Å². The molecule has 1 aliphatic heterocycles. The second kappa shape index (κ2) is 2.99. The summed E-state index contributed by atoms with van der Waals surface area (Å²) < 4.78 is 0. The molecule has 0 bridgehead atoms. The van der Waals surface area contributed by atoms with Gasteiger partial charge in [-0.25, -0.2) is 0 Å². The lowest BCUT2D eigenvalue weighted by atomic mass is 9.73. The zero-order valence-electron chi connectivity index (χ0n) is 6.12. The van der Waals surface area contributed by atoms with Crippen LogP contribution in [0.25, 0.3) is 0 Å². The molecule has 0 aromatic heterocycles. The molecule has 0 radical (unpaired) electrons. The summed E-state index contributed by atoms with van der Waals surface area (Å²) in [5.74, 6) is 0.436. The molecule has 2 rings (SSSR count). The van der Waals surface area contributed by atoms with Crippen molar-refractivity contribution in [2.75, 3.05) is 6.54 Å². The van der Waals surface area contributed by atoms with Gasteiger partial charge in [-0.15, -0.1) is 12.4 Å². The van der Waals surface area contributed by atoms with Gasteiger partial charge in [0.2, 0.25) is 0 Å². The van der Waals surface area contributed by atoms with Crippen LogP contribution in [0.15, 0.2) is 0 Å². The van der Waals surface area contributed by atoms with Crippen LogP contribution in [0.5, 0.6) is 0 Å². The molecule has 3 nitrogen and oxygen atoms in total. The Morgan fingerprint density at radius 1 is 1.45 bits per heavy atom. The van der Waals surface area contributed by atoms with Gasteiger partial charge in [-0.1, -0.05) is 0 Å². The first-order chi connectivity index (χ1) is 4.79. The highest BCUT2D eigenvalue weighted by Gasteiger charge is 2.45. The lowest BCUT2D eigenvalue weighted by molar-refractivity contribution is -0.141. The molecule has 11 heavy (non-hydrogen) atoms. The molecule has 1 heterocycles. The van der Waals surface area contributed by atoms with Gasteiger partial charge in [0.1, 0.15) is 6.04 Å². The monoisotopic (exact) mass is 177 g/mol. The smallest absolute Gasteiger partial charge is 0.320 e. The van der Waals surface area contributed by atoms with E-state index in [0.717, 1.165) is 13.0 Å². The number of aliphatic carboxylic acids is 1. The van der Waals surface area contributed by atoms with Crippen molar-refractivity contribution in [2.24, 2.45) is 11.8 Å². The topological polar surface area (TPSA) is 49.3 Å². The first-order valence-corrected chi connectivity index (χ1v) is 3.75. The van der Waals surface area contributed by atoms with Crippen molar-refractivity contribution in [1.82, 2.24) is 5.32 Å². The molecule has 0 aromatic rings. The maximum Gasteiger partial charge on any atom is 0.320 e. The molecule has 2 fully saturated rings. The number of halogens is 1. The van der Waals surface area contributed by atoms with E-state index in [0.29, 0.717) is 11.8 Å². The second-order valence-electron chi connectivity index (χ2n) is 3.23. The number of hydrogen-bond acceptors (Lipinski definition) is 2. The Balaban J connectivity index is 0.000000605. The third-order valence-corrected chi connectivity index (χ3v) is 2.77. The van der Waals surface area contributed by atoms with E-state index in [-0.39, 0.29) is 18.4 Å². The molecule has 0 spiro atoms. The van der Waals surface area contributed by atoms with E-state index in [4.69, 9.17) is 5.11 Å². The van der Waals surface area contributed by atoms with Gasteiger partial charge in [0, 0.05) is 0 Å². The Kier molecular flexibility index (Phi) is 2.40. The Morgan fingerprint density at radius 3 is 2.45 bits per heavy atom. The van der Waals surface area contributed by atoms with Crippen LogP contribution >= 0.6 is 12.4 Å². The Labute approximate surface area is 71.6 Å². The van der Waals surface area contributed by atoms with E-state index in [9.17, 15) is 4.79 Å². The van der Waals surface area contributed by atoms with E-state index in [1.54, 1.807) is 0 Å². The van der Waals surface area contributed by atoms with Crippen LogP contribution in [0, 0.1) is 11.8 Å². The van der Waals surface area contributed by atoms with E-state index in [2.05, 4.69) is 5.32 Å². The summed E-state index contributed by atoms with van der Waals surface area (Å²) in [4.78, 5) is 10.5. The first kappa shape index (κ1) is 8.81. The average Bonchev–Trinajstić information content (AvgIpc) is 2.07. The summed E-state index contributed by atoms with van der Waals surface area (Å²) in [6, 6.07) is -0.237. The van der Waals surface area contributed by atoms with Crippen molar-refractivity contribution < 1.29 is 9.90 Å². The molecule has 0 unspecified atom stereocenters. The van der Waals surface area contributed by atoms with Crippen LogP contribution < -0.4 is 5.32 Å². The summed E-state index contributed by atoms with van der Waals surface area (Å²) in [7, 11) is 0. The van der Waals surface area contributed by atoms with Crippen molar-refractivity contribution in [3.63, 3.8) is 0 Å². The number of carboxylic acids is 1. The summed E-state index contributed by atoms with van der Waals surface area (Å²) in [5, 5.41) is 11.7. The lowest BCUT2D eigenvalue weighted by Crippen LogP contribution is -2.38. The fraction of sp³-hybridized carbons (Fsp3) is 0.857. The normalized spacial score (nSPS) is 40.2. The number of carboxylic acid groups (broad SMARTS) is 1. The molecular formula is C7H12ClNO2. The average molecular weight is 178 g/mol. The van der Waals surface area contributed by atoms with Gasteiger partial charge in [-0.05, 0) is 31.2 Å². The number of fused-ring (bicyclic) bond motifs is 1. The van der Waals surface area contributed by atoms with E-state index in [1.807, 2.05) is 0 Å². The van der Waals surface area contributed by atoms with Crippen LogP contribution in [-0.2, 0) is 4.79 Å². The highest BCUT2D eigenvalue weighted by molar-refractivity contribution is 5.85. The Bertz CT molecular complexity index is 174. The van der Waals surface area contributed by atoms with Crippen molar-refractivity contribution in [3.8, 4) is 0 Å². The minimum atomic E-state index is -0.674. The van der Waals surface area contributed by atoms with Gasteiger partial charge in [0.15, 0.2) is 0 Å². The van der Waals surface area contributed by atoms with Gasteiger partial charge >= 0.3 is 5.97 Å². The molecule has 0 amide bonds. The molecule has 1 saturated heterocycles. The molecule has 64 valence electrons. The largest absolute Gasteiger partial charge is 0.480 e. The molecule has 1 aliphatic carbocycles. The maximum atomic E-state index is 10.5. The van der Waals surface area contributed by atoms with Crippen LogP contribution in [0.3, 0.4) is 0 Å². The van der Waals surface area contributed by atoms with Crippen molar-refractivity contribution in [1.29, 1.82) is 0 Å². The first-order valence-electron chi connectivity index (χ1n) is 3.75. The molecule has 2 N–H and O–H groups in total. The van der Waals surface area contributed by atoms with Crippen molar-refractivity contribution >= 4 is 18.4 Å². The minimum Gasteiger partial charge on any atom is -0.480 e. The van der Waals surface area contributed by atoms with Gasteiger partial charge in [0.25, 0.3) is 0 Å². The minimum absolute atomic E-state index is 0. The standard InChI is InChI=1S/C7H11NO2.ClH/c9-7(10)6-5-2-1-4(5)3-8-6;/h4-6,8H,1-3H2,(H,9,10);1H/t4-,5-,6+;/m0./s1. The van der Waals surface area contributed by atoms with Gasteiger partial charge < -0.3 is 10.4 Å². The SMILES string of the molecule is Cl.O=C(O)[C@@H]1NC[C@@H]2CC[C@@H]21. The summed E-state index contributed by atoms with van der Waals surface area (Å²) >= 11 is 0. The van der Waals surface area contributed by atoms with E-state index >= 15 is 0 Å². The maximum absolute atomic E-state index is 10.5. The zero-order chi connectivity index (χ0) is 7.14. The van der Waals surface area contributed by atoms with Crippen LogP contribution in [-0.4, -0.2) is 23.7 Å². The highest BCUT2D eigenvalue weighted by atomic mass is 35.5. The van der Waals surface area contributed by atoms with Crippen LogP contribution in [0.2, 0.25) is 0 Å². The van der Waals surface area contributed by atoms with Gasteiger partial charge in [-0.3, -0.25) is 4.79 Å². The molecular weight excluding hydrogens is 166 g/mol. The summed E-state index contributed by atoms with van der Waals surface area (Å²) in [6.45, 7) is 0.918. The number of hydrogen-bond donors (Lipinski definition) is 2.